The van der Waals surface area contributed by atoms with Crippen LogP contribution in [-0.4, -0.2) is 42.7 Å². The van der Waals surface area contributed by atoms with Crippen molar-refractivity contribution in [3.8, 4) is 5.75 Å². The van der Waals surface area contributed by atoms with Crippen molar-refractivity contribution >= 4 is 49.4 Å². The maximum absolute atomic E-state index is 13.5. The van der Waals surface area contributed by atoms with Gasteiger partial charge in [-0.25, -0.2) is 9.59 Å². The van der Waals surface area contributed by atoms with Gasteiger partial charge in [0.25, 0.3) is 5.91 Å². The van der Waals surface area contributed by atoms with Crippen molar-refractivity contribution in [2.75, 3.05) is 13.2 Å². The van der Waals surface area contributed by atoms with Crippen molar-refractivity contribution in [2.24, 2.45) is 0 Å². The molecule has 1 unspecified atom stereocenters. The summed E-state index contributed by atoms with van der Waals surface area (Å²) in [5.41, 5.74) is -0.970. The van der Waals surface area contributed by atoms with E-state index in [-0.39, 0.29) is 29.8 Å². The highest BCUT2D eigenvalue weighted by molar-refractivity contribution is 7.24. The monoisotopic (exact) mass is 565 g/mol. The second-order valence-electron chi connectivity index (χ2n) is 10.1. The maximum atomic E-state index is 13.5. The van der Waals surface area contributed by atoms with E-state index in [1.165, 1.54) is 25.2 Å². The number of benzene rings is 2. The van der Waals surface area contributed by atoms with Crippen LogP contribution in [0.15, 0.2) is 71.6 Å². The molecule has 1 aromatic heterocycles. The molecule has 1 amide bonds. The number of rotatable bonds is 13. The lowest BCUT2D eigenvalue weighted by atomic mass is 10.0. The normalized spacial score (nSPS) is 12.0. The molecule has 0 aliphatic heterocycles. The molecule has 0 spiro atoms. The van der Waals surface area contributed by atoms with Crippen molar-refractivity contribution in [1.29, 1.82) is 0 Å². The fourth-order valence-corrected chi connectivity index (χ4v) is 4.89. The molecule has 0 saturated heterocycles. The van der Waals surface area contributed by atoms with Crippen LogP contribution in [0.1, 0.15) is 47.0 Å². The van der Waals surface area contributed by atoms with Gasteiger partial charge in [-0.05, 0) is 63.9 Å². The number of hydrogen-bond donors (Lipinski definition) is 1. The lowest BCUT2D eigenvalue weighted by Crippen LogP contribution is -2.56. The lowest BCUT2D eigenvalue weighted by Gasteiger charge is -2.31. The van der Waals surface area contributed by atoms with Crippen molar-refractivity contribution in [2.45, 2.75) is 58.6 Å². The van der Waals surface area contributed by atoms with Gasteiger partial charge >= 0.3 is 11.9 Å². The Morgan fingerprint density at radius 1 is 0.950 bits per heavy atom. The van der Waals surface area contributed by atoms with Gasteiger partial charge in [-0.2, -0.15) is 0 Å². The minimum Gasteiger partial charge on any atom is -0.481 e. The Bertz CT molecular complexity index is 1480. The highest BCUT2D eigenvalue weighted by Crippen LogP contribution is 2.28. The van der Waals surface area contributed by atoms with E-state index in [9.17, 15) is 19.2 Å². The van der Waals surface area contributed by atoms with Crippen LogP contribution >= 0.6 is 11.3 Å². The first-order chi connectivity index (χ1) is 18.9. The van der Waals surface area contributed by atoms with E-state index in [4.69, 9.17) is 14.2 Å². The number of carbonyl (C=O) groups is 3. The molecular formula is C31H35NO7S. The van der Waals surface area contributed by atoms with E-state index in [0.717, 1.165) is 15.8 Å². The summed E-state index contributed by atoms with van der Waals surface area (Å²) in [6.07, 6.45) is 1.02. The zero-order valence-corrected chi connectivity index (χ0v) is 24.2. The molecule has 2 aromatic carbocycles. The quantitative estimate of drug-likeness (QED) is 0.166. The Hall–Kier alpha value is -3.98. The number of ether oxygens (including phenoxy) is 3. The van der Waals surface area contributed by atoms with Gasteiger partial charge in [0.15, 0.2) is 11.5 Å². The molecule has 8 nitrogen and oxygen atoms in total. The predicted octanol–water partition coefficient (Wildman–Crippen LogP) is 5.47. The molecular weight excluding hydrogens is 530 g/mol. The van der Waals surface area contributed by atoms with Gasteiger partial charge in [0.2, 0.25) is 0 Å². The number of nitrogens with one attached hydrogen (secondary N) is 1. The Morgan fingerprint density at radius 2 is 1.55 bits per heavy atom. The van der Waals surface area contributed by atoms with Gasteiger partial charge in [-0.3, -0.25) is 9.59 Å². The summed E-state index contributed by atoms with van der Waals surface area (Å²) < 4.78 is 18.4. The molecule has 0 fully saturated rings. The standard InChI is InChI=1S/C31H35NO7S/c1-7-8-12-24(28(34)32-31(6,17-37-29(35)19(2)3)18-38-30(36)20(4)5)39-21-14-15-26-23(16-21)27(33)22-11-9-10-13-25(22)40-26/h9-11,13-16,24H,2,4,7-8,12,17-18H2,1,3,5-6H3,(H,32,34). The summed E-state index contributed by atoms with van der Waals surface area (Å²) >= 11 is 1.51. The van der Waals surface area contributed by atoms with Gasteiger partial charge in [-0.1, -0.05) is 38.6 Å². The molecule has 1 atom stereocenters. The Morgan fingerprint density at radius 3 is 2.15 bits per heavy atom. The number of fused-ring (bicyclic) bond motifs is 2. The van der Waals surface area contributed by atoms with Gasteiger partial charge in [0.05, 0.1) is 0 Å². The fourth-order valence-electron chi connectivity index (χ4n) is 3.84. The summed E-state index contributed by atoms with van der Waals surface area (Å²) in [5.74, 6) is -1.36. The summed E-state index contributed by atoms with van der Waals surface area (Å²) in [6, 6.07) is 12.6. The SMILES string of the molecule is C=C(C)C(=O)OCC(C)(COC(=O)C(=C)C)NC(=O)C(CCCC)Oc1ccc2sc3ccccc3c(=O)c2c1. The molecule has 0 radical (unpaired) electrons. The highest BCUT2D eigenvalue weighted by atomic mass is 32.1. The van der Waals surface area contributed by atoms with Gasteiger partial charge in [0.1, 0.15) is 24.5 Å². The van der Waals surface area contributed by atoms with Crippen LogP contribution in [0.5, 0.6) is 5.75 Å². The molecule has 0 saturated carbocycles. The number of amides is 1. The number of esters is 2. The topological polar surface area (TPSA) is 108 Å². The molecule has 0 aliphatic carbocycles. The zero-order valence-electron chi connectivity index (χ0n) is 23.3. The largest absolute Gasteiger partial charge is 0.481 e. The van der Waals surface area contributed by atoms with E-state index < -0.39 is 29.5 Å². The van der Waals surface area contributed by atoms with Crippen LogP contribution in [0.4, 0.5) is 0 Å². The van der Waals surface area contributed by atoms with Crippen LogP contribution in [0, 0.1) is 0 Å². The van der Waals surface area contributed by atoms with E-state index in [1.807, 2.05) is 31.2 Å². The van der Waals surface area contributed by atoms with E-state index >= 15 is 0 Å². The molecule has 40 heavy (non-hydrogen) atoms. The van der Waals surface area contributed by atoms with Crippen LogP contribution in [0.2, 0.25) is 0 Å². The van der Waals surface area contributed by atoms with E-state index in [2.05, 4.69) is 18.5 Å². The number of unbranched alkanes of at least 4 members (excludes halogenated alkanes) is 1. The number of hydrogen-bond acceptors (Lipinski definition) is 8. The summed E-state index contributed by atoms with van der Waals surface area (Å²) in [6.45, 7) is 13.2. The summed E-state index contributed by atoms with van der Waals surface area (Å²) in [4.78, 5) is 50.8. The minimum atomic E-state index is -1.26. The Labute approximate surface area is 237 Å². The Balaban J connectivity index is 1.86. The maximum Gasteiger partial charge on any atom is 0.333 e. The van der Waals surface area contributed by atoms with E-state index in [0.29, 0.717) is 29.4 Å². The molecule has 1 N–H and O–H groups in total. The smallest absolute Gasteiger partial charge is 0.333 e. The van der Waals surface area contributed by atoms with Gasteiger partial charge in [-0.15, -0.1) is 11.3 Å². The first kappa shape index (κ1) is 30.6. The molecule has 0 aliphatic rings. The number of carbonyl (C=O) groups excluding carboxylic acids is 3. The lowest BCUT2D eigenvalue weighted by molar-refractivity contribution is -0.149. The molecule has 212 valence electrons. The van der Waals surface area contributed by atoms with Crippen LogP contribution < -0.4 is 15.5 Å². The van der Waals surface area contributed by atoms with Gasteiger partial charge in [0, 0.05) is 31.3 Å². The molecule has 0 bridgehead atoms. The van der Waals surface area contributed by atoms with Crippen molar-refractivity contribution in [1.82, 2.24) is 5.32 Å². The summed E-state index contributed by atoms with van der Waals surface area (Å²) in [5, 5.41) is 3.99. The predicted molar refractivity (Wildman–Crippen MR) is 158 cm³/mol. The molecule has 3 rings (SSSR count). The average Bonchev–Trinajstić information content (AvgIpc) is 2.92. The van der Waals surface area contributed by atoms with Crippen molar-refractivity contribution in [3.05, 3.63) is 77.0 Å². The van der Waals surface area contributed by atoms with Crippen molar-refractivity contribution in [3.63, 3.8) is 0 Å². The molecule has 1 heterocycles. The third-order valence-electron chi connectivity index (χ3n) is 6.10. The first-order valence-electron chi connectivity index (χ1n) is 13.0. The first-order valence-corrected chi connectivity index (χ1v) is 13.9. The second kappa shape index (κ2) is 13.4. The van der Waals surface area contributed by atoms with Crippen molar-refractivity contribution < 1.29 is 28.6 Å². The van der Waals surface area contributed by atoms with Crippen LogP contribution in [0.25, 0.3) is 20.2 Å². The van der Waals surface area contributed by atoms with Gasteiger partial charge < -0.3 is 19.5 Å². The zero-order chi connectivity index (χ0) is 29.4. The second-order valence-corrected chi connectivity index (χ2v) is 11.2. The van der Waals surface area contributed by atoms with E-state index in [1.54, 1.807) is 25.1 Å². The summed E-state index contributed by atoms with van der Waals surface area (Å²) in [7, 11) is 0. The van der Waals surface area contributed by atoms with Crippen LogP contribution in [0.3, 0.4) is 0 Å². The highest BCUT2D eigenvalue weighted by Gasteiger charge is 2.34. The molecule has 9 heteroatoms. The average molecular weight is 566 g/mol. The van der Waals surface area contributed by atoms with Crippen LogP contribution in [-0.2, 0) is 23.9 Å². The minimum absolute atomic E-state index is 0.101. The fraction of sp³-hybridized carbons (Fsp3) is 0.355. The third kappa shape index (κ3) is 7.79. The third-order valence-corrected chi connectivity index (χ3v) is 7.26. The Kier molecular flexibility index (Phi) is 10.2. The molecule has 3 aromatic rings.